The summed E-state index contributed by atoms with van der Waals surface area (Å²) in [6.07, 6.45) is 32.3. The van der Waals surface area contributed by atoms with Gasteiger partial charge in [0.1, 0.15) is 0 Å². The third kappa shape index (κ3) is 40.6. The number of rotatable bonds is 40. The van der Waals surface area contributed by atoms with E-state index < -0.39 is 11.9 Å². The molecule has 0 aliphatic rings. The van der Waals surface area contributed by atoms with Crippen LogP contribution in [0.5, 0.6) is 0 Å². The van der Waals surface area contributed by atoms with Gasteiger partial charge in [-0.15, -0.1) is 0 Å². The number of aliphatic hydroxyl groups is 2. The van der Waals surface area contributed by atoms with Crippen LogP contribution in [0.4, 0.5) is 0 Å². The van der Waals surface area contributed by atoms with Gasteiger partial charge >= 0.3 is 48.9 Å². The molecule has 0 aliphatic heterocycles. The number of carbonyl (C=O) groups excluding carboxylic acids is 2. The fourth-order valence-corrected chi connectivity index (χ4v) is 7.28. The van der Waals surface area contributed by atoms with Crippen molar-refractivity contribution in [2.24, 2.45) is 0 Å². The van der Waals surface area contributed by atoms with E-state index in [-0.39, 0.29) is 73.9 Å². The summed E-state index contributed by atoms with van der Waals surface area (Å²) in [4.78, 5) is 21.0. The first kappa shape index (κ1) is 57.8. The van der Waals surface area contributed by atoms with Crippen molar-refractivity contribution in [3.05, 3.63) is 71.8 Å². The third-order valence-electron chi connectivity index (χ3n) is 10.8. The van der Waals surface area contributed by atoms with Gasteiger partial charge in [-0.05, 0) is 75.3 Å². The molecule has 2 atom stereocenters. The maximum atomic E-state index is 10.5. The molecule has 2 aromatic rings. The molecule has 332 valence electrons. The molecule has 9 heteroatoms. The molecule has 0 bridgehead atoms. The van der Waals surface area contributed by atoms with Crippen molar-refractivity contribution in [2.45, 2.75) is 218 Å². The van der Waals surface area contributed by atoms with Crippen LogP contribution in [0.3, 0.4) is 0 Å². The Morgan fingerprint density at radius 3 is 0.932 bits per heavy atom. The molecule has 2 rings (SSSR count). The molecule has 0 spiro atoms. The molecule has 2 aromatic carbocycles. The molecule has 0 aliphatic carbocycles. The van der Waals surface area contributed by atoms with Crippen LogP contribution < -0.4 is 10.2 Å². The van der Waals surface area contributed by atoms with E-state index in [1.54, 1.807) is 0 Å². The van der Waals surface area contributed by atoms with Gasteiger partial charge in [0.15, 0.2) is 0 Å². The molecule has 0 fully saturated rings. The Morgan fingerprint density at radius 2 is 0.661 bits per heavy atom. The number of aliphatic carboxylic acids is 2. The van der Waals surface area contributed by atoms with Crippen molar-refractivity contribution in [2.75, 3.05) is 13.2 Å². The summed E-state index contributed by atoms with van der Waals surface area (Å²) in [6.45, 7) is 1.95. The molecule has 0 saturated heterocycles. The zero-order valence-electron chi connectivity index (χ0n) is 37.0. The maximum Gasteiger partial charge on any atom is 2.00 e. The summed E-state index contributed by atoms with van der Waals surface area (Å²) in [5.41, 5.74) is 2.41. The van der Waals surface area contributed by atoms with E-state index >= 15 is 0 Å². The van der Waals surface area contributed by atoms with E-state index in [0.717, 1.165) is 77.0 Å². The van der Waals surface area contributed by atoms with Crippen molar-refractivity contribution in [1.82, 2.24) is 0 Å². The number of hydrogen-bond acceptors (Lipinski definition) is 8. The Morgan fingerprint density at radius 1 is 0.407 bits per heavy atom. The summed E-state index contributed by atoms with van der Waals surface area (Å²) >= 11 is 0. The van der Waals surface area contributed by atoms with Crippen molar-refractivity contribution < 1.29 is 39.5 Å². The number of carboxylic acid groups (broad SMARTS) is 2. The van der Waals surface area contributed by atoms with Crippen molar-refractivity contribution in [3.63, 3.8) is 0 Å². The zero-order chi connectivity index (χ0) is 42.0. The molecular formula is C50H82BaO8. The van der Waals surface area contributed by atoms with Gasteiger partial charge in [0.25, 0.3) is 0 Å². The Balaban J connectivity index is 0.00000112. The summed E-state index contributed by atoms with van der Waals surface area (Å²) < 4.78 is 12.4. The fourth-order valence-electron chi connectivity index (χ4n) is 7.28. The average molecular weight is 949 g/mol. The van der Waals surface area contributed by atoms with Gasteiger partial charge in [-0.1, -0.05) is 189 Å². The second-order valence-electron chi connectivity index (χ2n) is 16.2. The standard InChI is InChI=1S/2C25H42O4.Ba/c2*26-21-15-7-5-3-1-2-4-6-12-18-24(19-13-9-14-20-25(27)28)29-22-23-16-10-8-11-17-23;/h2*8,10-11,16-17,24,26H,1-7,9,12-15,18-22H2,(H,27,28);/q;;+2/p-2. The van der Waals surface area contributed by atoms with Crippen LogP contribution in [0.25, 0.3) is 0 Å². The van der Waals surface area contributed by atoms with Crippen LogP contribution >= 0.6 is 0 Å². The zero-order valence-corrected chi connectivity index (χ0v) is 41.5. The minimum atomic E-state index is -0.949. The second-order valence-corrected chi connectivity index (χ2v) is 16.2. The molecule has 0 heterocycles. The second kappa shape index (κ2) is 44.8. The average Bonchev–Trinajstić information content (AvgIpc) is 3.23. The number of ether oxygens (including phenoxy) is 2. The Kier molecular flexibility index (Phi) is 43.9. The van der Waals surface area contributed by atoms with E-state index in [9.17, 15) is 19.8 Å². The maximum absolute atomic E-state index is 10.5. The predicted molar refractivity (Wildman–Crippen MR) is 238 cm³/mol. The van der Waals surface area contributed by atoms with Crippen LogP contribution in [0.2, 0.25) is 0 Å². The summed E-state index contributed by atoms with van der Waals surface area (Å²) in [7, 11) is 0. The Bertz CT molecular complexity index is 1080. The molecule has 0 radical (unpaired) electrons. The van der Waals surface area contributed by atoms with Gasteiger partial charge in [0, 0.05) is 25.2 Å². The fraction of sp³-hybridized carbons (Fsp3) is 0.720. The van der Waals surface area contributed by atoms with Crippen LogP contribution in [0.1, 0.15) is 204 Å². The summed E-state index contributed by atoms with van der Waals surface area (Å²) in [5.74, 6) is -1.90. The molecule has 59 heavy (non-hydrogen) atoms. The van der Waals surface area contributed by atoms with Crippen LogP contribution in [0, 0.1) is 0 Å². The quantitative estimate of drug-likeness (QED) is 0.0498. The molecule has 0 aromatic heterocycles. The third-order valence-corrected chi connectivity index (χ3v) is 10.8. The molecule has 2 N–H and O–H groups in total. The monoisotopic (exact) mass is 949 g/mol. The predicted octanol–water partition coefficient (Wildman–Crippen LogP) is 9.95. The van der Waals surface area contributed by atoms with Gasteiger partial charge in [-0.2, -0.15) is 0 Å². The first-order valence-corrected chi connectivity index (χ1v) is 23.4. The van der Waals surface area contributed by atoms with E-state index in [1.165, 1.54) is 101 Å². The normalized spacial score (nSPS) is 12.0. The molecule has 0 saturated carbocycles. The number of benzene rings is 2. The van der Waals surface area contributed by atoms with E-state index in [0.29, 0.717) is 39.3 Å². The van der Waals surface area contributed by atoms with Crippen molar-refractivity contribution in [3.8, 4) is 0 Å². The topological polar surface area (TPSA) is 139 Å². The van der Waals surface area contributed by atoms with Gasteiger partial charge in [-0.3, -0.25) is 0 Å². The van der Waals surface area contributed by atoms with Crippen LogP contribution in [-0.2, 0) is 32.3 Å². The van der Waals surface area contributed by atoms with E-state index in [1.807, 2.05) is 36.4 Å². The molecule has 0 amide bonds. The molecule has 8 nitrogen and oxygen atoms in total. The van der Waals surface area contributed by atoms with Gasteiger partial charge in [-0.25, -0.2) is 0 Å². The van der Waals surface area contributed by atoms with E-state index in [4.69, 9.17) is 19.7 Å². The minimum absolute atomic E-state index is 0. The van der Waals surface area contributed by atoms with Crippen molar-refractivity contribution >= 4 is 60.8 Å². The number of carboxylic acids is 2. The number of aliphatic hydroxyl groups excluding tert-OH is 2. The Labute approximate surface area is 400 Å². The van der Waals surface area contributed by atoms with Gasteiger partial charge in [0.2, 0.25) is 0 Å². The molecular weight excluding hydrogens is 866 g/mol. The first-order chi connectivity index (χ1) is 28.4. The molecule has 2 unspecified atom stereocenters. The van der Waals surface area contributed by atoms with Crippen LogP contribution in [-0.4, -0.2) is 96.5 Å². The largest absolute Gasteiger partial charge is 2.00 e. The summed E-state index contributed by atoms with van der Waals surface area (Å²) in [5, 5.41) is 38.6. The van der Waals surface area contributed by atoms with Crippen LogP contribution in [0.15, 0.2) is 60.7 Å². The number of hydrogen-bond donors (Lipinski definition) is 2. The Hall–Kier alpha value is -1.21. The number of unbranched alkanes of at least 4 members (excludes halogenated alkanes) is 20. The number of carbonyl (C=O) groups is 2. The first-order valence-electron chi connectivity index (χ1n) is 23.4. The SMILES string of the molecule is O=C([O-])CCCCCC(CCCCCCCCCCCO)OCc1ccccc1.O=C([O-])CCCCCC(CCCCCCCCCCCO)OCc1ccccc1.[Ba+2]. The minimum Gasteiger partial charge on any atom is -0.550 e. The van der Waals surface area contributed by atoms with Gasteiger partial charge in [0.05, 0.1) is 25.4 Å². The summed E-state index contributed by atoms with van der Waals surface area (Å²) in [6, 6.07) is 20.6. The van der Waals surface area contributed by atoms with Gasteiger partial charge < -0.3 is 39.5 Å². The van der Waals surface area contributed by atoms with E-state index in [2.05, 4.69) is 24.3 Å². The smallest absolute Gasteiger partial charge is 0.550 e. The van der Waals surface area contributed by atoms with Crippen molar-refractivity contribution in [1.29, 1.82) is 0 Å².